The van der Waals surface area contributed by atoms with Crippen molar-refractivity contribution in [1.82, 2.24) is 0 Å². The second-order valence-electron chi connectivity index (χ2n) is 7.15. The number of hydrogen-bond donors (Lipinski definition) is 1. The molecular formula is C24H20Cl2N2O2. The number of rotatable bonds is 4. The van der Waals surface area contributed by atoms with Gasteiger partial charge in [-0.25, -0.2) is 0 Å². The van der Waals surface area contributed by atoms with E-state index in [9.17, 15) is 4.79 Å². The van der Waals surface area contributed by atoms with Gasteiger partial charge in [-0.2, -0.15) is 0 Å². The molecule has 6 heteroatoms. The van der Waals surface area contributed by atoms with Crippen LogP contribution in [-0.2, 0) is 11.2 Å². The second kappa shape index (κ2) is 8.50. The van der Waals surface area contributed by atoms with Crippen molar-refractivity contribution < 1.29 is 9.53 Å². The predicted octanol–water partition coefficient (Wildman–Crippen LogP) is 5.71. The fourth-order valence-corrected chi connectivity index (χ4v) is 3.97. The number of nitrogens with one attached hydrogen (secondary N) is 1. The number of aryl methyl sites for hydroxylation is 1. The van der Waals surface area contributed by atoms with Gasteiger partial charge in [0.2, 0.25) is 5.91 Å². The van der Waals surface area contributed by atoms with Crippen LogP contribution in [0.15, 0.2) is 65.7 Å². The van der Waals surface area contributed by atoms with Gasteiger partial charge < -0.3 is 10.1 Å². The fourth-order valence-electron chi connectivity index (χ4n) is 3.59. The fraction of sp³-hybridized carbons (Fsp3) is 0.167. The van der Waals surface area contributed by atoms with E-state index in [1.165, 1.54) is 0 Å². The SMILES string of the molecule is COc1ccc(C2=N[C@H](Cc3ccccc3Cl)C(=O)Nc3ccc(Cl)cc32)cc1C. The van der Waals surface area contributed by atoms with Gasteiger partial charge >= 0.3 is 0 Å². The molecule has 1 atom stereocenters. The summed E-state index contributed by atoms with van der Waals surface area (Å²) in [6.07, 6.45) is 0.395. The molecule has 4 nitrogen and oxygen atoms in total. The van der Waals surface area contributed by atoms with Gasteiger partial charge in [-0.3, -0.25) is 9.79 Å². The van der Waals surface area contributed by atoms with Crippen LogP contribution in [0.2, 0.25) is 10.0 Å². The highest BCUT2D eigenvalue weighted by Crippen LogP contribution is 2.30. The Bertz CT molecular complexity index is 1160. The molecule has 1 heterocycles. The first kappa shape index (κ1) is 20.5. The Morgan fingerprint density at radius 3 is 2.60 bits per heavy atom. The van der Waals surface area contributed by atoms with Crippen molar-refractivity contribution in [3.8, 4) is 5.75 Å². The summed E-state index contributed by atoms with van der Waals surface area (Å²) in [5.41, 5.74) is 4.90. The maximum Gasteiger partial charge on any atom is 0.249 e. The maximum atomic E-state index is 13.0. The lowest BCUT2D eigenvalue weighted by Gasteiger charge is -2.13. The second-order valence-corrected chi connectivity index (χ2v) is 8.00. The summed E-state index contributed by atoms with van der Waals surface area (Å²) < 4.78 is 5.39. The van der Waals surface area contributed by atoms with Crippen molar-refractivity contribution in [1.29, 1.82) is 0 Å². The smallest absolute Gasteiger partial charge is 0.249 e. The largest absolute Gasteiger partial charge is 0.496 e. The number of amides is 1. The molecule has 3 aromatic rings. The molecule has 0 fully saturated rings. The maximum absolute atomic E-state index is 13.0. The highest BCUT2D eigenvalue weighted by molar-refractivity contribution is 6.32. The van der Waals surface area contributed by atoms with Gasteiger partial charge in [-0.1, -0.05) is 41.4 Å². The van der Waals surface area contributed by atoms with Crippen molar-refractivity contribution in [2.45, 2.75) is 19.4 Å². The molecule has 152 valence electrons. The number of benzene rings is 3. The zero-order valence-electron chi connectivity index (χ0n) is 16.6. The van der Waals surface area contributed by atoms with Crippen molar-refractivity contribution in [2.75, 3.05) is 12.4 Å². The van der Waals surface area contributed by atoms with Crippen LogP contribution in [-0.4, -0.2) is 24.8 Å². The summed E-state index contributed by atoms with van der Waals surface area (Å²) in [7, 11) is 1.64. The molecule has 0 spiro atoms. The van der Waals surface area contributed by atoms with E-state index >= 15 is 0 Å². The van der Waals surface area contributed by atoms with Crippen molar-refractivity contribution in [3.05, 3.63) is 93.0 Å². The molecule has 0 saturated carbocycles. The normalized spacial score (nSPS) is 15.7. The van der Waals surface area contributed by atoms with E-state index in [1.54, 1.807) is 19.2 Å². The van der Waals surface area contributed by atoms with Crippen LogP contribution in [0.1, 0.15) is 22.3 Å². The Morgan fingerprint density at radius 1 is 1.07 bits per heavy atom. The van der Waals surface area contributed by atoms with E-state index in [2.05, 4.69) is 5.32 Å². The standard InChI is InChI=1S/C24H20Cl2N2O2/c1-14-11-16(7-10-22(14)30-2)23-18-13-17(25)8-9-20(18)28-24(29)21(27-23)12-15-5-3-4-6-19(15)26/h3-11,13,21H,12H2,1-2H3,(H,28,29)/t21-/m1/s1. The number of fused-ring (bicyclic) bond motifs is 1. The molecule has 0 radical (unpaired) electrons. The molecule has 1 aliphatic rings. The van der Waals surface area contributed by atoms with Crippen LogP contribution in [0.3, 0.4) is 0 Å². The average Bonchev–Trinajstić information content (AvgIpc) is 2.86. The lowest BCUT2D eigenvalue weighted by Crippen LogP contribution is -2.27. The van der Waals surface area contributed by atoms with Crippen LogP contribution >= 0.6 is 23.2 Å². The Kier molecular flexibility index (Phi) is 5.80. The van der Waals surface area contributed by atoms with Gasteiger partial charge in [0.15, 0.2) is 0 Å². The zero-order valence-corrected chi connectivity index (χ0v) is 18.1. The molecule has 0 aliphatic carbocycles. The zero-order chi connectivity index (χ0) is 21.3. The number of halogens is 2. The Labute approximate surface area is 185 Å². The number of anilines is 1. The van der Waals surface area contributed by atoms with E-state index in [4.69, 9.17) is 32.9 Å². The summed E-state index contributed by atoms with van der Waals surface area (Å²) in [6.45, 7) is 1.98. The third kappa shape index (κ3) is 4.07. The number of carbonyl (C=O) groups excluding carboxylic acids is 1. The molecule has 0 saturated heterocycles. The minimum Gasteiger partial charge on any atom is -0.496 e. The van der Waals surface area contributed by atoms with Gasteiger partial charge in [0, 0.05) is 27.6 Å². The Balaban J connectivity index is 1.85. The Morgan fingerprint density at radius 2 is 1.87 bits per heavy atom. The van der Waals surface area contributed by atoms with Crippen LogP contribution in [0.4, 0.5) is 5.69 Å². The minimum atomic E-state index is -0.631. The number of benzodiazepines with no additional fused rings is 1. The minimum absolute atomic E-state index is 0.182. The van der Waals surface area contributed by atoms with Gasteiger partial charge in [0.1, 0.15) is 11.8 Å². The van der Waals surface area contributed by atoms with Crippen molar-refractivity contribution >= 4 is 40.5 Å². The first-order valence-electron chi connectivity index (χ1n) is 9.53. The van der Waals surface area contributed by atoms with Gasteiger partial charge in [0.25, 0.3) is 0 Å². The molecule has 0 bridgehead atoms. The molecular weight excluding hydrogens is 419 g/mol. The number of carbonyl (C=O) groups is 1. The molecule has 1 aliphatic heterocycles. The number of methoxy groups -OCH3 is 1. The quantitative estimate of drug-likeness (QED) is 0.566. The molecule has 30 heavy (non-hydrogen) atoms. The molecule has 4 rings (SSSR count). The molecule has 1 amide bonds. The van der Waals surface area contributed by atoms with E-state index in [0.29, 0.717) is 27.9 Å². The van der Waals surface area contributed by atoms with Crippen LogP contribution in [0.25, 0.3) is 0 Å². The van der Waals surface area contributed by atoms with E-state index < -0.39 is 6.04 Å². The first-order chi connectivity index (χ1) is 14.5. The van der Waals surface area contributed by atoms with Crippen molar-refractivity contribution in [2.24, 2.45) is 4.99 Å². The lowest BCUT2D eigenvalue weighted by atomic mass is 9.98. The number of ether oxygens (including phenoxy) is 1. The average molecular weight is 439 g/mol. The number of aliphatic imine (C=N–C) groups is 1. The predicted molar refractivity (Wildman–Crippen MR) is 122 cm³/mol. The van der Waals surface area contributed by atoms with E-state index in [1.807, 2.05) is 55.5 Å². The molecule has 0 unspecified atom stereocenters. The third-order valence-electron chi connectivity index (χ3n) is 5.12. The third-order valence-corrected chi connectivity index (χ3v) is 5.73. The number of hydrogen-bond acceptors (Lipinski definition) is 3. The summed E-state index contributed by atoms with van der Waals surface area (Å²) in [4.78, 5) is 17.9. The molecule has 3 aromatic carbocycles. The summed E-state index contributed by atoms with van der Waals surface area (Å²) in [5, 5.41) is 4.19. The van der Waals surface area contributed by atoms with Gasteiger partial charge in [0.05, 0.1) is 18.5 Å². The van der Waals surface area contributed by atoms with Crippen LogP contribution in [0, 0.1) is 6.92 Å². The summed E-state index contributed by atoms with van der Waals surface area (Å²) in [5.74, 6) is 0.611. The monoisotopic (exact) mass is 438 g/mol. The van der Waals surface area contributed by atoms with Gasteiger partial charge in [-0.15, -0.1) is 0 Å². The van der Waals surface area contributed by atoms with Gasteiger partial charge in [-0.05, 0) is 60.5 Å². The van der Waals surface area contributed by atoms with E-state index in [-0.39, 0.29) is 5.91 Å². The topological polar surface area (TPSA) is 50.7 Å². The highest BCUT2D eigenvalue weighted by atomic mass is 35.5. The van der Waals surface area contributed by atoms with Crippen LogP contribution < -0.4 is 10.1 Å². The molecule has 0 aromatic heterocycles. The van der Waals surface area contributed by atoms with E-state index in [0.717, 1.165) is 28.0 Å². The highest BCUT2D eigenvalue weighted by Gasteiger charge is 2.27. The van der Waals surface area contributed by atoms with Crippen LogP contribution in [0.5, 0.6) is 5.75 Å². The summed E-state index contributed by atoms with van der Waals surface area (Å²) in [6, 6.07) is 18.1. The number of nitrogens with zero attached hydrogens (tertiary/aromatic N) is 1. The summed E-state index contributed by atoms with van der Waals surface area (Å²) >= 11 is 12.6. The first-order valence-corrected chi connectivity index (χ1v) is 10.3. The lowest BCUT2D eigenvalue weighted by molar-refractivity contribution is -0.117. The molecule has 1 N–H and O–H groups in total. The van der Waals surface area contributed by atoms with Crippen molar-refractivity contribution in [3.63, 3.8) is 0 Å². The Hall–Kier alpha value is -2.82.